The summed E-state index contributed by atoms with van der Waals surface area (Å²) in [5, 5.41) is 8.75. The van der Waals surface area contributed by atoms with E-state index in [-0.39, 0.29) is 11.2 Å². The molecule has 1 aromatic carbocycles. The first kappa shape index (κ1) is 13.1. The maximum atomic E-state index is 11.1. The maximum absolute atomic E-state index is 11.1. The van der Waals surface area contributed by atoms with Crippen LogP contribution in [0.1, 0.15) is 25.0 Å². The molecule has 0 aliphatic heterocycles. The lowest BCUT2D eigenvalue weighted by molar-refractivity contribution is -0.137. The molecule has 0 saturated heterocycles. The summed E-state index contributed by atoms with van der Waals surface area (Å²) < 4.78 is 0. The molecular formula is C13H18O2S. The number of thioether (sulfide) groups is 1. The highest BCUT2D eigenvalue weighted by Crippen LogP contribution is 2.29. The standard InChI is InChI=1S/C13H18O2S/c1-8(2)12(13(14)15)16-11-6-9(3)5-10(4)7-11/h5-8,12H,1-4H3,(H,14,15). The normalized spacial score (nSPS) is 12.8. The second-order valence-electron chi connectivity index (χ2n) is 4.44. The summed E-state index contributed by atoms with van der Waals surface area (Å²) >= 11 is 1.43. The molecule has 0 aliphatic carbocycles. The number of rotatable bonds is 4. The zero-order valence-electron chi connectivity index (χ0n) is 10.2. The largest absolute Gasteiger partial charge is 0.480 e. The number of aliphatic carboxylic acids is 1. The van der Waals surface area contributed by atoms with Crippen LogP contribution in [-0.4, -0.2) is 16.3 Å². The van der Waals surface area contributed by atoms with Gasteiger partial charge in [-0.3, -0.25) is 4.79 Å². The molecule has 0 spiro atoms. The van der Waals surface area contributed by atoms with E-state index in [2.05, 4.69) is 6.07 Å². The fourth-order valence-electron chi connectivity index (χ4n) is 1.62. The Morgan fingerprint density at radius 2 is 1.69 bits per heavy atom. The van der Waals surface area contributed by atoms with Gasteiger partial charge in [-0.2, -0.15) is 0 Å². The van der Waals surface area contributed by atoms with Gasteiger partial charge in [0, 0.05) is 4.90 Å². The molecule has 1 aromatic rings. The predicted molar refractivity (Wildman–Crippen MR) is 68.0 cm³/mol. The van der Waals surface area contributed by atoms with Crippen LogP contribution in [0.4, 0.5) is 0 Å². The zero-order valence-corrected chi connectivity index (χ0v) is 11.0. The van der Waals surface area contributed by atoms with Crippen LogP contribution in [0.5, 0.6) is 0 Å². The molecule has 0 fully saturated rings. The van der Waals surface area contributed by atoms with Gasteiger partial charge in [0.2, 0.25) is 0 Å². The zero-order chi connectivity index (χ0) is 12.3. The predicted octanol–water partition coefficient (Wildman–Crippen LogP) is 3.50. The van der Waals surface area contributed by atoms with Crippen molar-refractivity contribution in [3.05, 3.63) is 29.3 Å². The molecule has 1 N–H and O–H groups in total. The Hall–Kier alpha value is -0.960. The number of carboxylic acid groups (broad SMARTS) is 1. The maximum Gasteiger partial charge on any atom is 0.317 e. The Balaban J connectivity index is 2.89. The molecule has 3 heteroatoms. The topological polar surface area (TPSA) is 37.3 Å². The molecule has 0 aliphatic rings. The summed E-state index contributed by atoms with van der Waals surface area (Å²) in [6.45, 7) is 7.94. The van der Waals surface area contributed by atoms with Gasteiger partial charge in [-0.05, 0) is 43.0 Å². The van der Waals surface area contributed by atoms with E-state index in [1.54, 1.807) is 0 Å². The quantitative estimate of drug-likeness (QED) is 0.816. The average Bonchev–Trinajstić information content (AvgIpc) is 2.11. The van der Waals surface area contributed by atoms with Crippen molar-refractivity contribution in [1.29, 1.82) is 0 Å². The minimum absolute atomic E-state index is 0.128. The smallest absolute Gasteiger partial charge is 0.317 e. The van der Waals surface area contributed by atoms with Crippen molar-refractivity contribution >= 4 is 17.7 Å². The Morgan fingerprint density at radius 1 is 1.19 bits per heavy atom. The van der Waals surface area contributed by atoms with E-state index >= 15 is 0 Å². The SMILES string of the molecule is Cc1cc(C)cc(SC(C(=O)O)C(C)C)c1. The number of carboxylic acids is 1. The van der Waals surface area contributed by atoms with Crippen molar-refractivity contribution in [3.8, 4) is 0 Å². The third-order valence-corrected chi connectivity index (χ3v) is 3.81. The molecule has 2 nitrogen and oxygen atoms in total. The fourth-order valence-corrected chi connectivity index (χ4v) is 2.79. The van der Waals surface area contributed by atoms with Crippen LogP contribution in [0.25, 0.3) is 0 Å². The van der Waals surface area contributed by atoms with E-state index < -0.39 is 5.97 Å². The third kappa shape index (κ3) is 3.56. The monoisotopic (exact) mass is 238 g/mol. The van der Waals surface area contributed by atoms with Crippen LogP contribution in [0.2, 0.25) is 0 Å². The van der Waals surface area contributed by atoms with Crippen molar-refractivity contribution in [1.82, 2.24) is 0 Å². The molecule has 0 heterocycles. The van der Waals surface area contributed by atoms with E-state index in [4.69, 9.17) is 5.11 Å². The lowest BCUT2D eigenvalue weighted by Gasteiger charge is -2.16. The van der Waals surface area contributed by atoms with Crippen molar-refractivity contribution in [2.45, 2.75) is 37.8 Å². The van der Waals surface area contributed by atoms with E-state index in [0.717, 1.165) is 4.90 Å². The van der Waals surface area contributed by atoms with Gasteiger partial charge in [-0.1, -0.05) is 19.9 Å². The second kappa shape index (κ2) is 5.39. The van der Waals surface area contributed by atoms with Crippen molar-refractivity contribution in [2.75, 3.05) is 0 Å². The first-order chi connectivity index (χ1) is 7.40. The molecule has 0 aromatic heterocycles. The van der Waals surface area contributed by atoms with Crippen molar-refractivity contribution < 1.29 is 9.90 Å². The third-order valence-electron chi connectivity index (χ3n) is 2.31. The van der Waals surface area contributed by atoms with Crippen molar-refractivity contribution in [2.24, 2.45) is 5.92 Å². The summed E-state index contributed by atoms with van der Waals surface area (Å²) in [5.41, 5.74) is 2.35. The van der Waals surface area contributed by atoms with E-state index in [1.807, 2.05) is 39.8 Å². The minimum Gasteiger partial charge on any atom is -0.480 e. The lowest BCUT2D eigenvalue weighted by Crippen LogP contribution is -2.22. The summed E-state index contributed by atoms with van der Waals surface area (Å²) in [6, 6.07) is 6.17. The highest BCUT2D eigenvalue weighted by molar-refractivity contribution is 8.00. The molecule has 1 atom stereocenters. The van der Waals surface area contributed by atoms with Gasteiger partial charge >= 0.3 is 5.97 Å². The van der Waals surface area contributed by atoms with Gasteiger partial charge in [0.1, 0.15) is 5.25 Å². The summed E-state index contributed by atoms with van der Waals surface area (Å²) in [4.78, 5) is 12.1. The second-order valence-corrected chi connectivity index (χ2v) is 5.66. The molecule has 1 rings (SSSR count). The van der Waals surface area contributed by atoms with Gasteiger partial charge < -0.3 is 5.11 Å². The summed E-state index contributed by atoms with van der Waals surface area (Å²) in [6.07, 6.45) is 0. The highest BCUT2D eigenvalue weighted by Gasteiger charge is 2.22. The van der Waals surface area contributed by atoms with E-state index in [9.17, 15) is 4.79 Å². The van der Waals surface area contributed by atoms with Gasteiger partial charge in [0.05, 0.1) is 0 Å². The van der Waals surface area contributed by atoms with Gasteiger partial charge in [-0.15, -0.1) is 11.8 Å². The molecular weight excluding hydrogens is 220 g/mol. The summed E-state index contributed by atoms with van der Waals surface area (Å²) in [5.74, 6) is -0.609. The van der Waals surface area contributed by atoms with Crippen LogP contribution in [0.15, 0.2) is 23.1 Å². The Labute approximate surface area is 101 Å². The first-order valence-electron chi connectivity index (χ1n) is 5.38. The average molecular weight is 238 g/mol. The van der Waals surface area contributed by atoms with E-state index in [1.165, 1.54) is 22.9 Å². The van der Waals surface area contributed by atoms with Crippen LogP contribution in [0, 0.1) is 19.8 Å². The molecule has 0 amide bonds. The molecule has 1 unspecified atom stereocenters. The lowest BCUT2D eigenvalue weighted by atomic mass is 10.1. The van der Waals surface area contributed by atoms with Gasteiger partial charge in [-0.25, -0.2) is 0 Å². The highest BCUT2D eigenvalue weighted by atomic mass is 32.2. The van der Waals surface area contributed by atoms with Crippen LogP contribution < -0.4 is 0 Å². The Morgan fingerprint density at radius 3 is 2.06 bits per heavy atom. The fraction of sp³-hybridized carbons (Fsp3) is 0.462. The number of hydrogen-bond acceptors (Lipinski definition) is 2. The molecule has 0 bridgehead atoms. The molecule has 0 radical (unpaired) electrons. The molecule has 16 heavy (non-hydrogen) atoms. The van der Waals surface area contributed by atoms with Crippen LogP contribution in [0.3, 0.4) is 0 Å². The van der Waals surface area contributed by atoms with Crippen LogP contribution in [-0.2, 0) is 4.79 Å². The minimum atomic E-state index is -0.737. The first-order valence-corrected chi connectivity index (χ1v) is 6.26. The number of carbonyl (C=O) groups is 1. The number of hydrogen-bond donors (Lipinski definition) is 1. The van der Waals surface area contributed by atoms with Gasteiger partial charge in [0.25, 0.3) is 0 Å². The van der Waals surface area contributed by atoms with Crippen molar-refractivity contribution in [3.63, 3.8) is 0 Å². The molecule has 88 valence electrons. The van der Waals surface area contributed by atoms with Gasteiger partial charge in [0.15, 0.2) is 0 Å². The number of aryl methyl sites for hydroxylation is 2. The van der Waals surface area contributed by atoms with Crippen LogP contribution >= 0.6 is 11.8 Å². The Bertz CT molecular complexity index is 365. The number of benzene rings is 1. The Kier molecular flexibility index (Phi) is 4.42. The van der Waals surface area contributed by atoms with E-state index in [0.29, 0.717) is 0 Å². The molecule has 0 saturated carbocycles. The summed E-state index contributed by atoms with van der Waals surface area (Å²) in [7, 11) is 0.